The smallest absolute Gasteiger partial charge is 0.309 e. The SMILES string of the molecule is CCCCCCCCCCCCC(CCCCC(CC(=O)OCC(COC(C)=O)OC(C)=O)OC(C)=O)OC(C)=O. The number of unbranched alkanes of at least 4 members (excludes halogenated alkanes) is 10. The second kappa shape index (κ2) is 25.1. The fraction of sp³-hybridized carbons (Fsp3) is 0.839. The molecule has 0 amide bonds. The maximum Gasteiger partial charge on any atom is 0.309 e. The van der Waals surface area contributed by atoms with Crippen LogP contribution in [0.2, 0.25) is 0 Å². The Morgan fingerprint density at radius 3 is 1.34 bits per heavy atom. The van der Waals surface area contributed by atoms with E-state index in [0.717, 1.165) is 25.7 Å². The first-order valence-corrected chi connectivity index (χ1v) is 15.3. The number of ether oxygens (including phenoxy) is 5. The van der Waals surface area contributed by atoms with Gasteiger partial charge in [0, 0.05) is 27.7 Å². The highest BCUT2D eigenvalue weighted by molar-refractivity contribution is 5.71. The van der Waals surface area contributed by atoms with E-state index < -0.39 is 36.1 Å². The number of carbonyl (C=O) groups is 5. The molecule has 0 radical (unpaired) electrons. The molecule has 0 aliphatic heterocycles. The van der Waals surface area contributed by atoms with Crippen molar-refractivity contribution in [2.75, 3.05) is 13.2 Å². The van der Waals surface area contributed by atoms with Crippen LogP contribution in [0.15, 0.2) is 0 Å². The summed E-state index contributed by atoms with van der Waals surface area (Å²) in [7, 11) is 0. The number of carbonyl (C=O) groups excluding carboxylic acids is 5. The third kappa shape index (κ3) is 26.0. The molecule has 41 heavy (non-hydrogen) atoms. The first-order valence-electron chi connectivity index (χ1n) is 15.3. The topological polar surface area (TPSA) is 132 Å². The van der Waals surface area contributed by atoms with Gasteiger partial charge in [-0.05, 0) is 38.5 Å². The van der Waals surface area contributed by atoms with Crippen molar-refractivity contribution in [1.29, 1.82) is 0 Å². The van der Waals surface area contributed by atoms with Crippen LogP contribution in [-0.2, 0) is 47.7 Å². The van der Waals surface area contributed by atoms with Crippen LogP contribution in [0.4, 0.5) is 0 Å². The van der Waals surface area contributed by atoms with E-state index in [1.54, 1.807) is 0 Å². The molecule has 10 nitrogen and oxygen atoms in total. The highest BCUT2D eigenvalue weighted by atomic mass is 16.6. The largest absolute Gasteiger partial charge is 0.463 e. The van der Waals surface area contributed by atoms with Gasteiger partial charge in [-0.1, -0.05) is 64.7 Å². The highest BCUT2D eigenvalue weighted by Crippen LogP contribution is 2.18. The van der Waals surface area contributed by atoms with Gasteiger partial charge < -0.3 is 23.7 Å². The van der Waals surface area contributed by atoms with Crippen molar-refractivity contribution in [3.63, 3.8) is 0 Å². The average molecular weight is 587 g/mol. The lowest BCUT2D eigenvalue weighted by Gasteiger charge is -2.20. The van der Waals surface area contributed by atoms with Crippen molar-refractivity contribution in [3.8, 4) is 0 Å². The minimum Gasteiger partial charge on any atom is -0.463 e. The van der Waals surface area contributed by atoms with Crippen LogP contribution in [0.5, 0.6) is 0 Å². The van der Waals surface area contributed by atoms with Crippen molar-refractivity contribution in [1.82, 2.24) is 0 Å². The van der Waals surface area contributed by atoms with Crippen molar-refractivity contribution in [3.05, 3.63) is 0 Å². The minimum absolute atomic E-state index is 0.144. The van der Waals surface area contributed by atoms with Crippen molar-refractivity contribution >= 4 is 29.8 Å². The predicted octanol–water partition coefficient (Wildman–Crippen LogP) is 6.15. The fourth-order valence-corrected chi connectivity index (χ4v) is 4.53. The summed E-state index contributed by atoms with van der Waals surface area (Å²) in [5.41, 5.74) is 0. The standard InChI is InChI=1S/C31H54O10/c1-6-7-8-9-10-11-12-13-14-15-18-28(39-25(3)33)19-16-17-20-29(40-26(4)34)21-31(36)38-23-30(41-27(5)35)22-37-24(2)32/h28-30H,6-23H2,1-5H3. The van der Waals surface area contributed by atoms with Gasteiger partial charge in [0.2, 0.25) is 0 Å². The van der Waals surface area contributed by atoms with Gasteiger partial charge in [0.1, 0.15) is 25.4 Å². The summed E-state index contributed by atoms with van der Waals surface area (Å²) in [5.74, 6) is -2.58. The zero-order chi connectivity index (χ0) is 30.9. The molecule has 3 atom stereocenters. The van der Waals surface area contributed by atoms with E-state index in [9.17, 15) is 24.0 Å². The van der Waals surface area contributed by atoms with Crippen LogP contribution in [0.1, 0.15) is 137 Å². The number of hydrogen-bond acceptors (Lipinski definition) is 10. The van der Waals surface area contributed by atoms with E-state index in [-0.39, 0.29) is 31.7 Å². The van der Waals surface area contributed by atoms with Gasteiger partial charge >= 0.3 is 29.8 Å². The van der Waals surface area contributed by atoms with Gasteiger partial charge in [-0.2, -0.15) is 0 Å². The van der Waals surface area contributed by atoms with Gasteiger partial charge in [-0.15, -0.1) is 0 Å². The van der Waals surface area contributed by atoms with E-state index in [0.29, 0.717) is 19.3 Å². The summed E-state index contributed by atoms with van der Waals surface area (Å²) in [6.07, 6.45) is 13.9. The Hall–Kier alpha value is -2.65. The van der Waals surface area contributed by atoms with Crippen LogP contribution in [0.25, 0.3) is 0 Å². The molecule has 0 fully saturated rings. The van der Waals surface area contributed by atoms with Crippen molar-refractivity contribution < 1.29 is 47.7 Å². The quantitative estimate of drug-likeness (QED) is 0.0697. The molecule has 0 bridgehead atoms. The maximum atomic E-state index is 12.4. The van der Waals surface area contributed by atoms with Gasteiger partial charge in [0.05, 0.1) is 6.42 Å². The molecular formula is C31H54O10. The third-order valence-corrected chi connectivity index (χ3v) is 6.48. The van der Waals surface area contributed by atoms with Crippen LogP contribution in [0.3, 0.4) is 0 Å². The van der Waals surface area contributed by atoms with Gasteiger partial charge in [0.25, 0.3) is 0 Å². The summed E-state index contributed by atoms with van der Waals surface area (Å²) in [6.45, 7) is 6.81. The molecule has 10 heteroatoms. The highest BCUT2D eigenvalue weighted by Gasteiger charge is 2.21. The Bertz CT molecular complexity index is 751. The molecule has 0 heterocycles. The Kier molecular flexibility index (Phi) is 23.5. The third-order valence-electron chi connectivity index (χ3n) is 6.48. The number of rotatable bonds is 25. The molecule has 0 saturated carbocycles. The zero-order valence-corrected chi connectivity index (χ0v) is 26.0. The van der Waals surface area contributed by atoms with Crippen molar-refractivity contribution in [2.24, 2.45) is 0 Å². The minimum atomic E-state index is -0.929. The molecule has 0 N–H and O–H groups in total. The average Bonchev–Trinajstić information content (AvgIpc) is 2.88. The molecule has 0 rings (SSSR count). The molecule has 0 saturated heterocycles. The zero-order valence-electron chi connectivity index (χ0n) is 26.0. The Morgan fingerprint density at radius 2 is 0.854 bits per heavy atom. The lowest BCUT2D eigenvalue weighted by atomic mass is 10.0. The lowest BCUT2D eigenvalue weighted by molar-refractivity contribution is -0.166. The second-order valence-corrected chi connectivity index (χ2v) is 10.6. The molecule has 0 aromatic rings. The van der Waals surface area contributed by atoms with Gasteiger partial charge in [0.15, 0.2) is 6.10 Å². The molecule has 0 aliphatic rings. The Balaban J connectivity index is 4.47. The van der Waals surface area contributed by atoms with Gasteiger partial charge in [-0.25, -0.2) is 0 Å². The lowest BCUT2D eigenvalue weighted by Crippen LogP contribution is -2.31. The molecule has 0 spiro atoms. The van der Waals surface area contributed by atoms with Gasteiger partial charge in [-0.3, -0.25) is 24.0 Å². The summed E-state index contributed by atoms with van der Waals surface area (Å²) in [6, 6.07) is 0. The molecule has 0 aromatic heterocycles. The van der Waals surface area contributed by atoms with Crippen LogP contribution in [-0.4, -0.2) is 61.4 Å². The number of hydrogen-bond donors (Lipinski definition) is 0. The molecule has 3 unspecified atom stereocenters. The summed E-state index contributed by atoms with van der Waals surface area (Å²) < 4.78 is 25.8. The Morgan fingerprint density at radius 1 is 0.463 bits per heavy atom. The van der Waals surface area contributed by atoms with Crippen LogP contribution in [0, 0.1) is 0 Å². The molecule has 0 aromatic carbocycles. The molecule has 0 aliphatic carbocycles. The molecule has 238 valence electrons. The van der Waals surface area contributed by atoms with E-state index in [1.165, 1.54) is 79.1 Å². The van der Waals surface area contributed by atoms with E-state index in [4.69, 9.17) is 23.7 Å². The number of esters is 5. The van der Waals surface area contributed by atoms with E-state index in [1.807, 2.05) is 0 Å². The first-order chi connectivity index (χ1) is 19.5. The van der Waals surface area contributed by atoms with Crippen LogP contribution < -0.4 is 0 Å². The fourth-order valence-electron chi connectivity index (χ4n) is 4.53. The predicted molar refractivity (Wildman–Crippen MR) is 154 cm³/mol. The van der Waals surface area contributed by atoms with Crippen LogP contribution >= 0.6 is 0 Å². The summed E-state index contributed by atoms with van der Waals surface area (Å²) in [5, 5.41) is 0. The Labute approximate surface area is 246 Å². The first kappa shape index (κ1) is 38.4. The van der Waals surface area contributed by atoms with E-state index in [2.05, 4.69) is 6.92 Å². The molecular weight excluding hydrogens is 532 g/mol. The monoisotopic (exact) mass is 586 g/mol. The normalized spacial score (nSPS) is 13.0. The second-order valence-electron chi connectivity index (χ2n) is 10.6. The van der Waals surface area contributed by atoms with E-state index >= 15 is 0 Å². The maximum absolute atomic E-state index is 12.4. The summed E-state index contributed by atoms with van der Waals surface area (Å²) in [4.78, 5) is 57.8. The summed E-state index contributed by atoms with van der Waals surface area (Å²) >= 11 is 0. The van der Waals surface area contributed by atoms with Crippen molar-refractivity contribution in [2.45, 2.75) is 156 Å².